The van der Waals surface area contributed by atoms with Gasteiger partial charge < -0.3 is 9.47 Å². The Morgan fingerprint density at radius 1 is 1.12 bits per heavy atom. The van der Waals surface area contributed by atoms with Crippen molar-refractivity contribution in [2.24, 2.45) is 0 Å². The van der Waals surface area contributed by atoms with Crippen LogP contribution in [0.4, 0.5) is 9.59 Å². The molecule has 1 rings (SSSR count). The molecule has 0 fully saturated rings. The summed E-state index contributed by atoms with van der Waals surface area (Å²) >= 11 is 7.20. The third-order valence-electron chi connectivity index (χ3n) is 2.02. The summed E-state index contributed by atoms with van der Waals surface area (Å²) in [5.74, 6) is 0. The van der Waals surface area contributed by atoms with Gasteiger partial charge in [-0.05, 0) is 48.5 Å². The van der Waals surface area contributed by atoms with E-state index >= 15 is 0 Å². The number of alkyl carbamates (subject to hydrolysis) is 2. The molecule has 1 heterocycles. The number of hydrogen-bond donors (Lipinski definition) is 1. The van der Waals surface area contributed by atoms with Crippen molar-refractivity contribution < 1.29 is 19.1 Å². The van der Waals surface area contributed by atoms with E-state index in [9.17, 15) is 9.59 Å². The van der Waals surface area contributed by atoms with Gasteiger partial charge in [-0.25, -0.2) is 14.9 Å². The van der Waals surface area contributed by atoms with Crippen LogP contribution in [0, 0.1) is 18.3 Å². The highest BCUT2D eigenvalue weighted by Crippen LogP contribution is 2.25. The number of ether oxygens (including phenoxy) is 2. The van der Waals surface area contributed by atoms with Crippen molar-refractivity contribution in [2.45, 2.75) is 59.7 Å². The van der Waals surface area contributed by atoms with E-state index in [2.05, 4.69) is 0 Å². The predicted molar refractivity (Wildman–Crippen MR) is 94.4 cm³/mol. The quantitative estimate of drug-likeness (QED) is 0.688. The highest BCUT2D eigenvalue weighted by Gasteiger charge is 2.21. The average Bonchev–Trinajstić information content (AvgIpc) is 2.65. The molecule has 24 heavy (non-hydrogen) atoms. The zero-order valence-corrected chi connectivity index (χ0v) is 16.5. The number of aryl methyl sites for hydroxylation is 1. The van der Waals surface area contributed by atoms with Crippen LogP contribution >= 0.6 is 22.9 Å². The molecule has 1 N–H and O–H groups in total. The van der Waals surface area contributed by atoms with Gasteiger partial charge in [0, 0.05) is 10.3 Å². The number of carbonyl (C=O) groups is 2. The molecule has 134 valence electrons. The predicted octanol–water partition coefficient (Wildman–Crippen LogP) is 5.03. The Bertz CT molecular complexity index is 595. The van der Waals surface area contributed by atoms with E-state index in [1.807, 2.05) is 18.3 Å². The highest BCUT2D eigenvalue weighted by atomic mass is 35.5. The molecule has 0 aliphatic heterocycles. The van der Waals surface area contributed by atoms with E-state index in [0.29, 0.717) is 10.6 Å². The van der Waals surface area contributed by atoms with Crippen LogP contribution in [0.15, 0.2) is 5.38 Å². The van der Waals surface area contributed by atoms with Crippen molar-refractivity contribution in [3.63, 3.8) is 0 Å². The van der Waals surface area contributed by atoms with Crippen molar-refractivity contribution in [1.29, 1.82) is 5.26 Å². The molecule has 1 aromatic rings. The van der Waals surface area contributed by atoms with E-state index in [1.165, 1.54) is 11.3 Å². The molecule has 0 aliphatic rings. The van der Waals surface area contributed by atoms with Crippen molar-refractivity contribution >= 4 is 35.1 Å². The lowest BCUT2D eigenvalue weighted by atomic mass is 10.2. The Kier molecular flexibility index (Phi) is 8.24. The van der Waals surface area contributed by atoms with Gasteiger partial charge in [0.05, 0.1) is 10.6 Å². The van der Waals surface area contributed by atoms with Gasteiger partial charge in [-0.3, -0.25) is 0 Å². The van der Waals surface area contributed by atoms with Crippen LogP contribution in [0.3, 0.4) is 0 Å². The second-order valence-electron chi connectivity index (χ2n) is 6.76. The van der Waals surface area contributed by atoms with Crippen molar-refractivity contribution in [1.82, 2.24) is 5.32 Å². The van der Waals surface area contributed by atoms with Crippen LogP contribution in [-0.4, -0.2) is 23.4 Å². The molecular formula is C16H23ClN2O4S. The highest BCUT2D eigenvalue weighted by molar-refractivity contribution is 7.10. The minimum Gasteiger partial charge on any atom is -0.443 e. The standard InChI is InChI=1S/C10H19NO4.C6H4ClNS/c1-9(2,3)14-7(12)11-8(13)15-10(4,5)6;1-4-6(7)5(2-8)3-9-4/h1-6H3,(H,11,12,13);3H,1H3. The fourth-order valence-electron chi connectivity index (χ4n) is 1.21. The van der Waals surface area contributed by atoms with Gasteiger partial charge in [-0.1, -0.05) is 11.6 Å². The molecule has 6 nitrogen and oxygen atoms in total. The molecule has 0 atom stereocenters. The number of imide groups is 1. The SMILES string of the molecule is CC(C)(C)OC(=O)NC(=O)OC(C)(C)C.Cc1scc(C#N)c1Cl. The van der Waals surface area contributed by atoms with Gasteiger partial charge in [0.25, 0.3) is 0 Å². The molecule has 0 bridgehead atoms. The van der Waals surface area contributed by atoms with Gasteiger partial charge in [-0.2, -0.15) is 5.26 Å². The summed E-state index contributed by atoms with van der Waals surface area (Å²) in [7, 11) is 0. The lowest BCUT2D eigenvalue weighted by Gasteiger charge is -2.21. The second kappa shape index (κ2) is 8.90. The van der Waals surface area contributed by atoms with Crippen LogP contribution in [0.25, 0.3) is 0 Å². The first kappa shape index (κ1) is 22.2. The Labute approximate surface area is 151 Å². The lowest BCUT2D eigenvalue weighted by molar-refractivity contribution is 0.0353. The Balaban J connectivity index is 0.000000496. The molecule has 2 amide bonds. The van der Waals surface area contributed by atoms with Crippen LogP contribution in [0.2, 0.25) is 5.02 Å². The van der Waals surface area contributed by atoms with Crippen molar-refractivity contribution in [2.75, 3.05) is 0 Å². The summed E-state index contributed by atoms with van der Waals surface area (Å²) in [6.45, 7) is 12.2. The van der Waals surface area contributed by atoms with E-state index in [0.717, 1.165) is 4.88 Å². The molecule has 0 aliphatic carbocycles. The third kappa shape index (κ3) is 10.1. The first-order chi connectivity index (χ1) is 10.7. The molecule has 0 saturated heterocycles. The largest absolute Gasteiger partial charge is 0.443 e. The van der Waals surface area contributed by atoms with Gasteiger partial charge >= 0.3 is 12.2 Å². The fraction of sp³-hybridized carbons (Fsp3) is 0.562. The topological polar surface area (TPSA) is 88.4 Å². The molecule has 8 heteroatoms. The normalized spacial score (nSPS) is 10.8. The van der Waals surface area contributed by atoms with Gasteiger partial charge in [0.15, 0.2) is 0 Å². The number of hydrogen-bond acceptors (Lipinski definition) is 6. The number of halogens is 1. The Morgan fingerprint density at radius 2 is 1.54 bits per heavy atom. The zero-order chi connectivity index (χ0) is 19.1. The fourth-order valence-corrected chi connectivity index (χ4v) is 2.18. The minimum absolute atomic E-state index is 0.583. The van der Waals surface area contributed by atoms with Crippen LogP contribution in [-0.2, 0) is 9.47 Å². The maximum atomic E-state index is 11.1. The molecule has 0 unspecified atom stereocenters. The summed E-state index contributed by atoms with van der Waals surface area (Å²) in [5, 5.41) is 12.7. The van der Waals surface area contributed by atoms with E-state index in [1.54, 1.807) is 46.9 Å². The van der Waals surface area contributed by atoms with Gasteiger partial charge in [0.2, 0.25) is 0 Å². The number of nitrogens with zero attached hydrogens (tertiary/aromatic N) is 1. The molecule has 0 aromatic carbocycles. The molecule has 0 radical (unpaired) electrons. The van der Waals surface area contributed by atoms with Crippen molar-refractivity contribution in [3.8, 4) is 6.07 Å². The number of nitrogens with one attached hydrogen (secondary N) is 1. The number of thiophene rings is 1. The summed E-state index contributed by atoms with van der Waals surface area (Å²) < 4.78 is 9.74. The van der Waals surface area contributed by atoms with E-state index in [-0.39, 0.29) is 0 Å². The van der Waals surface area contributed by atoms with Crippen molar-refractivity contribution in [3.05, 3.63) is 20.8 Å². The second-order valence-corrected chi connectivity index (χ2v) is 8.22. The van der Waals surface area contributed by atoms with Gasteiger partial charge in [0.1, 0.15) is 17.3 Å². The number of rotatable bonds is 0. The molecular weight excluding hydrogens is 352 g/mol. The smallest absolute Gasteiger partial charge is 0.417 e. The minimum atomic E-state index is -0.809. The Hall–Kier alpha value is -1.78. The first-order valence-electron chi connectivity index (χ1n) is 7.12. The third-order valence-corrected chi connectivity index (χ3v) is 3.53. The lowest BCUT2D eigenvalue weighted by Crippen LogP contribution is -2.39. The number of nitriles is 1. The van der Waals surface area contributed by atoms with E-state index < -0.39 is 23.4 Å². The van der Waals surface area contributed by atoms with Crippen LogP contribution in [0.5, 0.6) is 0 Å². The Morgan fingerprint density at radius 3 is 1.75 bits per heavy atom. The summed E-state index contributed by atoms with van der Waals surface area (Å²) in [6.07, 6.45) is -1.62. The summed E-state index contributed by atoms with van der Waals surface area (Å²) in [5.41, 5.74) is -0.683. The first-order valence-corrected chi connectivity index (χ1v) is 8.37. The van der Waals surface area contributed by atoms with Gasteiger partial charge in [-0.15, -0.1) is 11.3 Å². The average molecular weight is 375 g/mol. The molecule has 0 saturated carbocycles. The summed E-state index contributed by atoms with van der Waals surface area (Å²) in [4.78, 5) is 23.2. The van der Waals surface area contributed by atoms with Crippen LogP contribution < -0.4 is 5.32 Å². The van der Waals surface area contributed by atoms with Crippen LogP contribution in [0.1, 0.15) is 52.0 Å². The number of carbonyl (C=O) groups excluding carboxylic acids is 2. The number of amides is 2. The monoisotopic (exact) mass is 374 g/mol. The van der Waals surface area contributed by atoms with E-state index in [4.69, 9.17) is 26.3 Å². The molecule has 1 aromatic heterocycles. The summed E-state index contributed by atoms with van der Waals surface area (Å²) in [6, 6.07) is 1.99. The maximum absolute atomic E-state index is 11.1. The molecule has 0 spiro atoms. The maximum Gasteiger partial charge on any atom is 0.417 e. The zero-order valence-electron chi connectivity index (χ0n) is 14.9.